The van der Waals surface area contributed by atoms with Gasteiger partial charge < -0.3 is 5.32 Å². The van der Waals surface area contributed by atoms with Crippen LogP contribution in [0.3, 0.4) is 0 Å². The van der Waals surface area contributed by atoms with Gasteiger partial charge in [0.05, 0.1) is 0 Å². The molecule has 0 bridgehead atoms. The molecule has 2 aromatic rings. The second-order valence-corrected chi connectivity index (χ2v) is 5.81. The Morgan fingerprint density at radius 1 is 1.10 bits per heavy atom. The van der Waals surface area contributed by atoms with Gasteiger partial charge in [-0.3, -0.25) is 4.79 Å². The number of benzene rings is 2. The van der Waals surface area contributed by atoms with Crippen molar-refractivity contribution < 1.29 is 9.18 Å². The monoisotopic (exact) mass is 303 g/mol. The lowest BCUT2D eigenvalue weighted by atomic mass is 10.1. The summed E-state index contributed by atoms with van der Waals surface area (Å²) in [5, 5.41) is 2.88. The summed E-state index contributed by atoms with van der Waals surface area (Å²) >= 11 is 1.71. The Bertz CT molecular complexity index is 574. The number of aryl methyl sites for hydroxylation is 1. The molecule has 1 N–H and O–H groups in total. The van der Waals surface area contributed by atoms with Gasteiger partial charge in [-0.15, -0.1) is 11.8 Å². The molecule has 0 atom stereocenters. The SMILES string of the molecule is O=C(CCc1cccc(F)c1)NCCSc1ccccc1. The van der Waals surface area contributed by atoms with Crippen molar-refractivity contribution in [2.45, 2.75) is 17.7 Å². The fourth-order valence-electron chi connectivity index (χ4n) is 1.91. The second kappa shape index (κ2) is 8.47. The summed E-state index contributed by atoms with van der Waals surface area (Å²) in [6, 6.07) is 16.5. The first-order valence-electron chi connectivity index (χ1n) is 6.93. The van der Waals surface area contributed by atoms with Crippen molar-refractivity contribution in [3.63, 3.8) is 0 Å². The third kappa shape index (κ3) is 6.00. The lowest BCUT2D eigenvalue weighted by Crippen LogP contribution is -2.25. The number of rotatable bonds is 7. The van der Waals surface area contributed by atoms with Crippen LogP contribution in [0.15, 0.2) is 59.5 Å². The quantitative estimate of drug-likeness (QED) is 0.624. The summed E-state index contributed by atoms with van der Waals surface area (Å²) < 4.78 is 13.0. The molecule has 0 radical (unpaired) electrons. The standard InChI is InChI=1S/C17H18FNOS/c18-15-6-4-5-14(13-15)9-10-17(20)19-11-12-21-16-7-2-1-3-8-16/h1-8,13H,9-12H2,(H,19,20). The van der Waals surface area contributed by atoms with Crippen LogP contribution in [0, 0.1) is 5.82 Å². The maximum atomic E-state index is 13.0. The van der Waals surface area contributed by atoms with Gasteiger partial charge in [0.1, 0.15) is 5.82 Å². The topological polar surface area (TPSA) is 29.1 Å². The predicted molar refractivity (Wildman–Crippen MR) is 84.9 cm³/mol. The van der Waals surface area contributed by atoms with Gasteiger partial charge >= 0.3 is 0 Å². The van der Waals surface area contributed by atoms with E-state index < -0.39 is 0 Å². The van der Waals surface area contributed by atoms with Crippen LogP contribution in [-0.4, -0.2) is 18.2 Å². The van der Waals surface area contributed by atoms with Crippen LogP contribution >= 0.6 is 11.8 Å². The Hall–Kier alpha value is -1.81. The van der Waals surface area contributed by atoms with Crippen LogP contribution in [0.2, 0.25) is 0 Å². The van der Waals surface area contributed by atoms with Crippen LogP contribution in [-0.2, 0) is 11.2 Å². The molecule has 0 saturated heterocycles. The van der Waals surface area contributed by atoms with Gasteiger partial charge in [0.2, 0.25) is 5.91 Å². The molecule has 0 heterocycles. The second-order valence-electron chi connectivity index (χ2n) is 4.64. The number of halogens is 1. The number of amides is 1. The largest absolute Gasteiger partial charge is 0.355 e. The van der Waals surface area contributed by atoms with Crippen molar-refractivity contribution in [2.24, 2.45) is 0 Å². The minimum atomic E-state index is -0.257. The van der Waals surface area contributed by atoms with Crippen LogP contribution in [0.25, 0.3) is 0 Å². The normalized spacial score (nSPS) is 10.3. The van der Waals surface area contributed by atoms with Gasteiger partial charge in [-0.1, -0.05) is 30.3 Å². The minimum absolute atomic E-state index is 0.00734. The van der Waals surface area contributed by atoms with E-state index in [9.17, 15) is 9.18 Å². The van der Waals surface area contributed by atoms with Gasteiger partial charge in [-0.25, -0.2) is 4.39 Å². The van der Waals surface area contributed by atoms with Crippen molar-refractivity contribution in [3.05, 3.63) is 66.0 Å². The third-order valence-electron chi connectivity index (χ3n) is 2.97. The number of carbonyl (C=O) groups is 1. The highest BCUT2D eigenvalue weighted by molar-refractivity contribution is 7.99. The van der Waals surface area contributed by atoms with E-state index in [2.05, 4.69) is 17.4 Å². The van der Waals surface area contributed by atoms with Gasteiger partial charge in [0, 0.05) is 23.6 Å². The number of hydrogen-bond acceptors (Lipinski definition) is 2. The summed E-state index contributed by atoms with van der Waals surface area (Å²) in [7, 11) is 0. The summed E-state index contributed by atoms with van der Waals surface area (Å²) in [4.78, 5) is 12.9. The van der Waals surface area contributed by atoms with Crippen LogP contribution in [0.4, 0.5) is 4.39 Å². The van der Waals surface area contributed by atoms with Gasteiger partial charge in [-0.05, 0) is 36.2 Å². The van der Waals surface area contributed by atoms with E-state index in [-0.39, 0.29) is 11.7 Å². The van der Waals surface area contributed by atoms with Crippen LogP contribution < -0.4 is 5.32 Å². The maximum absolute atomic E-state index is 13.0. The highest BCUT2D eigenvalue weighted by atomic mass is 32.2. The van der Waals surface area contributed by atoms with Crippen molar-refractivity contribution >= 4 is 17.7 Å². The molecule has 0 aliphatic rings. The molecule has 0 fully saturated rings. The minimum Gasteiger partial charge on any atom is -0.355 e. The van der Waals surface area contributed by atoms with E-state index in [1.807, 2.05) is 24.3 Å². The Kier molecular flexibility index (Phi) is 6.28. The molecule has 21 heavy (non-hydrogen) atoms. The molecule has 0 saturated carbocycles. The Balaban J connectivity index is 1.62. The predicted octanol–water partition coefficient (Wildman–Crippen LogP) is 3.67. The Morgan fingerprint density at radius 2 is 1.90 bits per heavy atom. The number of nitrogens with one attached hydrogen (secondary N) is 1. The van der Waals surface area contributed by atoms with Crippen molar-refractivity contribution in [1.82, 2.24) is 5.32 Å². The lowest BCUT2D eigenvalue weighted by Gasteiger charge is -2.05. The van der Waals surface area contributed by atoms with Crippen molar-refractivity contribution in [2.75, 3.05) is 12.3 Å². The average Bonchev–Trinajstić information content (AvgIpc) is 2.51. The number of thioether (sulfide) groups is 1. The first kappa shape index (κ1) is 15.6. The summed E-state index contributed by atoms with van der Waals surface area (Å²) in [6.07, 6.45) is 0.953. The van der Waals surface area contributed by atoms with Gasteiger partial charge in [0.25, 0.3) is 0 Å². The van der Waals surface area contributed by atoms with Crippen LogP contribution in [0.5, 0.6) is 0 Å². The van der Waals surface area contributed by atoms with Gasteiger partial charge in [0.15, 0.2) is 0 Å². The summed E-state index contributed by atoms with van der Waals surface area (Å²) in [6.45, 7) is 0.640. The third-order valence-corrected chi connectivity index (χ3v) is 3.98. The summed E-state index contributed by atoms with van der Waals surface area (Å²) in [5.74, 6) is 0.593. The van der Waals surface area contributed by atoms with Gasteiger partial charge in [-0.2, -0.15) is 0 Å². The molecule has 2 aromatic carbocycles. The van der Waals surface area contributed by atoms with E-state index in [1.165, 1.54) is 17.0 Å². The van der Waals surface area contributed by atoms with Crippen molar-refractivity contribution in [1.29, 1.82) is 0 Å². The smallest absolute Gasteiger partial charge is 0.220 e. The summed E-state index contributed by atoms with van der Waals surface area (Å²) in [5.41, 5.74) is 0.851. The highest BCUT2D eigenvalue weighted by Gasteiger charge is 2.02. The molecule has 110 valence electrons. The Labute approximate surface area is 128 Å². The van der Waals surface area contributed by atoms with E-state index in [4.69, 9.17) is 0 Å². The molecule has 0 spiro atoms. The molecule has 4 heteroatoms. The molecular weight excluding hydrogens is 285 g/mol. The highest BCUT2D eigenvalue weighted by Crippen LogP contribution is 2.15. The lowest BCUT2D eigenvalue weighted by molar-refractivity contribution is -0.120. The Morgan fingerprint density at radius 3 is 2.67 bits per heavy atom. The fourth-order valence-corrected chi connectivity index (χ4v) is 2.70. The van der Waals surface area contributed by atoms with E-state index in [1.54, 1.807) is 17.8 Å². The molecule has 0 unspecified atom stereocenters. The fraction of sp³-hybridized carbons (Fsp3) is 0.235. The molecule has 1 amide bonds. The zero-order valence-electron chi connectivity index (χ0n) is 11.7. The van der Waals surface area contributed by atoms with E-state index in [0.717, 1.165) is 11.3 Å². The van der Waals surface area contributed by atoms with E-state index in [0.29, 0.717) is 19.4 Å². The zero-order valence-corrected chi connectivity index (χ0v) is 12.5. The average molecular weight is 303 g/mol. The first-order chi connectivity index (χ1) is 10.2. The molecular formula is C17H18FNOS. The molecule has 0 aromatic heterocycles. The van der Waals surface area contributed by atoms with Crippen molar-refractivity contribution in [3.8, 4) is 0 Å². The zero-order chi connectivity index (χ0) is 14.9. The first-order valence-corrected chi connectivity index (χ1v) is 7.91. The molecule has 2 rings (SSSR count). The maximum Gasteiger partial charge on any atom is 0.220 e. The number of hydrogen-bond donors (Lipinski definition) is 1. The number of carbonyl (C=O) groups excluding carboxylic acids is 1. The van der Waals surface area contributed by atoms with E-state index >= 15 is 0 Å². The van der Waals surface area contributed by atoms with Crippen LogP contribution in [0.1, 0.15) is 12.0 Å². The molecule has 2 nitrogen and oxygen atoms in total. The molecule has 0 aliphatic heterocycles. The molecule has 0 aliphatic carbocycles.